The van der Waals surface area contributed by atoms with Crippen LogP contribution in [0.4, 0.5) is 5.69 Å². The summed E-state index contributed by atoms with van der Waals surface area (Å²) in [6, 6.07) is 5.26. The fourth-order valence-corrected chi connectivity index (χ4v) is 1.32. The van der Waals surface area contributed by atoms with E-state index in [2.05, 4.69) is 4.99 Å². The van der Waals surface area contributed by atoms with Crippen LogP contribution in [-0.2, 0) is 0 Å². The first-order valence-corrected chi connectivity index (χ1v) is 4.01. The van der Waals surface area contributed by atoms with Crippen molar-refractivity contribution in [1.29, 1.82) is 0 Å². The van der Waals surface area contributed by atoms with Crippen molar-refractivity contribution in [2.75, 3.05) is 0 Å². The molecule has 1 unspecified atom stereocenters. The number of rotatable bonds is 1. The van der Waals surface area contributed by atoms with Crippen molar-refractivity contribution in [3.05, 3.63) is 39.9 Å². The van der Waals surface area contributed by atoms with Crippen LogP contribution in [0.2, 0.25) is 0 Å². The van der Waals surface area contributed by atoms with E-state index in [0.29, 0.717) is 11.3 Å². The lowest BCUT2D eigenvalue weighted by atomic mass is 10.0. The lowest BCUT2D eigenvalue weighted by molar-refractivity contribution is -0.485. The summed E-state index contributed by atoms with van der Waals surface area (Å²) >= 11 is 0. The Labute approximate surface area is 79.2 Å². The number of carbonyl (C=O) groups excluding carboxylic acids is 1. The topological polar surface area (TPSA) is 72.6 Å². The number of carbonyl (C=O) groups is 1. The first-order valence-electron chi connectivity index (χ1n) is 4.01. The minimum atomic E-state index is -1.33. The summed E-state index contributed by atoms with van der Waals surface area (Å²) in [5.41, 5.74) is 0.812. The standard InChI is InChI=1S/C9H6N2O3/c12-9-6-3-1-2-4-7(6)10-5-8(9)11(13)14/h1-5,8H. The molecule has 0 fully saturated rings. The Balaban J connectivity index is 2.50. The quantitative estimate of drug-likeness (QED) is 0.493. The minimum Gasteiger partial charge on any atom is -0.286 e. The van der Waals surface area contributed by atoms with Gasteiger partial charge in [-0.15, -0.1) is 0 Å². The molecule has 0 aromatic heterocycles. The van der Waals surface area contributed by atoms with Crippen LogP contribution in [-0.4, -0.2) is 23.0 Å². The van der Waals surface area contributed by atoms with Gasteiger partial charge in [0.25, 0.3) is 0 Å². The highest BCUT2D eigenvalue weighted by Gasteiger charge is 2.33. The van der Waals surface area contributed by atoms with Gasteiger partial charge in [0.15, 0.2) is 0 Å². The van der Waals surface area contributed by atoms with Crippen LogP contribution in [0.5, 0.6) is 0 Å². The van der Waals surface area contributed by atoms with Crippen LogP contribution in [0.25, 0.3) is 0 Å². The zero-order chi connectivity index (χ0) is 10.1. The molecule has 5 nitrogen and oxygen atoms in total. The highest BCUT2D eigenvalue weighted by atomic mass is 16.6. The molecule has 0 spiro atoms. The number of aliphatic imine (C=N–C) groups is 1. The number of nitrogens with zero attached hydrogens (tertiary/aromatic N) is 2. The summed E-state index contributed by atoms with van der Waals surface area (Å²) in [5.74, 6) is -0.499. The zero-order valence-corrected chi connectivity index (χ0v) is 7.08. The highest BCUT2D eigenvalue weighted by molar-refractivity contribution is 6.14. The van der Waals surface area contributed by atoms with Crippen LogP contribution in [0.15, 0.2) is 29.3 Å². The Morgan fingerprint density at radius 3 is 2.79 bits per heavy atom. The van der Waals surface area contributed by atoms with Gasteiger partial charge in [-0.05, 0) is 12.1 Å². The second-order valence-corrected chi connectivity index (χ2v) is 2.89. The first-order chi connectivity index (χ1) is 6.70. The van der Waals surface area contributed by atoms with E-state index >= 15 is 0 Å². The third kappa shape index (κ3) is 1.19. The average Bonchev–Trinajstić information content (AvgIpc) is 2.18. The van der Waals surface area contributed by atoms with Crippen LogP contribution < -0.4 is 0 Å². The van der Waals surface area contributed by atoms with E-state index < -0.39 is 16.7 Å². The largest absolute Gasteiger partial charge is 0.309 e. The van der Waals surface area contributed by atoms with Gasteiger partial charge in [-0.3, -0.25) is 19.9 Å². The molecule has 0 amide bonds. The molecule has 5 heteroatoms. The molecule has 0 aliphatic carbocycles. The number of nitro groups is 1. The van der Waals surface area contributed by atoms with Crippen molar-refractivity contribution < 1.29 is 9.72 Å². The number of para-hydroxylation sites is 1. The Kier molecular flexibility index (Phi) is 1.85. The summed E-state index contributed by atoms with van der Waals surface area (Å²) in [4.78, 5) is 25.2. The second kappa shape index (κ2) is 3.02. The van der Waals surface area contributed by atoms with Gasteiger partial charge in [0.1, 0.15) is 0 Å². The van der Waals surface area contributed by atoms with E-state index in [4.69, 9.17) is 0 Å². The van der Waals surface area contributed by atoms with Gasteiger partial charge < -0.3 is 0 Å². The van der Waals surface area contributed by atoms with Crippen molar-refractivity contribution in [1.82, 2.24) is 0 Å². The van der Waals surface area contributed by atoms with Crippen LogP contribution in [0, 0.1) is 10.1 Å². The molecule has 2 rings (SSSR count). The lowest BCUT2D eigenvalue weighted by Crippen LogP contribution is -2.33. The molecular weight excluding hydrogens is 184 g/mol. The normalized spacial score (nSPS) is 19.1. The highest BCUT2D eigenvalue weighted by Crippen LogP contribution is 2.23. The third-order valence-electron chi connectivity index (χ3n) is 2.02. The molecule has 14 heavy (non-hydrogen) atoms. The van der Waals surface area contributed by atoms with Crippen molar-refractivity contribution in [2.24, 2.45) is 4.99 Å². The summed E-state index contributed by atoms with van der Waals surface area (Å²) < 4.78 is 0. The molecule has 1 aliphatic heterocycles. The molecule has 0 saturated carbocycles. The summed E-state index contributed by atoms with van der Waals surface area (Å²) in [5, 5.41) is 10.5. The predicted octanol–water partition coefficient (Wildman–Crippen LogP) is 1.23. The second-order valence-electron chi connectivity index (χ2n) is 2.89. The number of hydrogen-bond acceptors (Lipinski definition) is 4. The SMILES string of the molecule is O=C1c2ccccc2N=CC1[N+](=O)[O-]. The predicted molar refractivity (Wildman–Crippen MR) is 49.7 cm³/mol. The average molecular weight is 190 g/mol. The Morgan fingerprint density at radius 2 is 2.07 bits per heavy atom. The fourth-order valence-electron chi connectivity index (χ4n) is 1.32. The van der Waals surface area contributed by atoms with E-state index in [-0.39, 0.29) is 0 Å². The minimum absolute atomic E-state index is 0.316. The van der Waals surface area contributed by atoms with Crippen molar-refractivity contribution in [3.63, 3.8) is 0 Å². The van der Waals surface area contributed by atoms with Gasteiger partial charge in [0, 0.05) is 4.92 Å². The Morgan fingerprint density at radius 1 is 1.36 bits per heavy atom. The monoisotopic (exact) mass is 190 g/mol. The molecule has 1 heterocycles. The van der Waals surface area contributed by atoms with Crippen molar-refractivity contribution in [2.45, 2.75) is 6.04 Å². The lowest BCUT2D eigenvalue weighted by Gasteiger charge is -2.10. The van der Waals surface area contributed by atoms with E-state index in [1.54, 1.807) is 24.3 Å². The van der Waals surface area contributed by atoms with Gasteiger partial charge >= 0.3 is 6.04 Å². The molecular formula is C9H6N2O3. The van der Waals surface area contributed by atoms with Gasteiger partial charge in [-0.1, -0.05) is 12.1 Å². The number of fused-ring (bicyclic) bond motifs is 1. The van der Waals surface area contributed by atoms with Gasteiger partial charge in [-0.25, -0.2) is 0 Å². The number of Topliss-reactive ketones (excluding diaryl/α,β-unsaturated/α-hetero) is 1. The van der Waals surface area contributed by atoms with Crippen LogP contribution in [0.3, 0.4) is 0 Å². The maximum atomic E-state index is 11.5. The molecule has 1 aromatic carbocycles. The molecule has 70 valence electrons. The molecule has 0 saturated heterocycles. The fraction of sp³-hybridized carbons (Fsp3) is 0.111. The molecule has 0 bridgehead atoms. The number of hydrogen-bond donors (Lipinski definition) is 0. The van der Waals surface area contributed by atoms with E-state index in [9.17, 15) is 14.9 Å². The van der Waals surface area contributed by atoms with E-state index in [1.807, 2.05) is 0 Å². The number of ketones is 1. The maximum Gasteiger partial charge on any atom is 0.309 e. The Bertz CT molecular complexity index is 439. The smallest absolute Gasteiger partial charge is 0.286 e. The summed E-state index contributed by atoms with van der Waals surface area (Å²) in [6.07, 6.45) is 1.07. The maximum absolute atomic E-state index is 11.5. The summed E-state index contributed by atoms with van der Waals surface area (Å²) in [7, 11) is 0. The first kappa shape index (κ1) is 8.55. The van der Waals surface area contributed by atoms with Gasteiger partial charge in [-0.2, -0.15) is 0 Å². The molecule has 1 aromatic rings. The third-order valence-corrected chi connectivity index (χ3v) is 2.02. The van der Waals surface area contributed by atoms with Crippen LogP contribution in [0.1, 0.15) is 10.4 Å². The number of benzene rings is 1. The Hall–Kier alpha value is -2.04. The molecule has 1 atom stereocenters. The van der Waals surface area contributed by atoms with Gasteiger partial charge in [0.05, 0.1) is 17.5 Å². The van der Waals surface area contributed by atoms with E-state index in [0.717, 1.165) is 6.21 Å². The molecule has 0 N–H and O–H groups in total. The summed E-state index contributed by atoms with van der Waals surface area (Å²) in [6.45, 7) is 0. The van der Waals surface area contributed by atoms with Gasteiger partial charge in [0.2, 0.25) is 5.78 Å². The van der Waals surface area contributed by atoms with Crippen LogP contribution >= 0.6 is 0 Å². The van der Waals surface area contributed by atoms with Crippen molar-refractivity contribution >= 4 is 17.7 Å². The molecule has 1 aliphatic rings. The molecule has 0 radical (unpaired) electrons. The van der Waals surface area contributed by atoms with Crippen molar-refractivity contribution in [3.8, 4) is 0 Å². The zero-order valence-electron chi connectivity index (χ0n) is 7.08. The van der Waals surface area contributed by atoms with E-state index in [1.165, 1.54) is 0 Å².